The van der Waals surface area contributed by atoms with Crippen LogP contribution in [0, 0.1) is 11.8 Å². The Morgan fingerprint density at radius 1 is 1.06 bits per heavy atom. The summed E-state index contributed by atoms with van der Waals surface area (Å²) in [6.07, 6.45) is -4.41. The van der Waals surface area contributed by atoms with E-state index in [1.807, 2.05) is 17.4 Å². The first kappa shape index (κ1) is 35.7. The van der Waals surface area contributed by atoms with Crippen LogP contribution < -0.4 is 10.6 Å². The highest BCUT2D eigenvalue weighted by atomic mass is 19.4. The first-order valence-corrected chi connectivity index (χ1v) is 15.8. The summed E-state index contributed by atoms with van der Waals surface area (Å²) in [7, 11) is 0. The number of rotatable bonds is 9. The standard InChI is InChI=1S/C36H44F3N3O5/c1-8-9-10-12-23-19-27(40-30(43)36(37,38)39)16-15-24(23)20-28(41-31(44)47-34(5,6)7)29-22-42(32(45)46-29)35(17-18-35)26-14-11-13-25(21-26)33(2,3)4/h11,13-16,19,21,28-29H,10,12,17-18,20,22H2,1-7H3,(H,40,43)(H,41,44)/t28-,29?/m0/s1. The van der Waals surface area contributed by atoms with Gasteiger partial charge in [-0.2, -0.15) is 13.2 Å². The number of carbonyl (C=O) groups is 3. The van der Waals surface area contributed by atoms with Crippen LogP contribution in [0.15, 0.2) is 42.5 Å². The van der Waals surface area contributed by atoms with Crippen LogP contribution in [-0.2, 0) is 38.1 Å². The molecule has 2 aliphatic rings. The Morgan fingerprint density at radius 3 is 2.36 bits per heavy atom. The monoisotopic (exact) mass is 655 g/mol. The number of hydrogen-bond acceptors (Lipinski definition) is 5. The highest BCUT2D eigenvalue weighted by Crippen LogP contribution is 2.53. The molecule has 1 saturated carbocycles. The van der Waals surface area contributed by atoms with Gasteiger partial charge in [0.15, 0.2) is 0 Å². The third-order valence-corrected chi connectivity index (χ3v) is 8.35. The highest BCUT2D eigenvalue weighted by Gasteiger charge is 2.56. The fraction of sp³-hybridized carbons (Fsp3) is 0.528. The van der Waals surface area contributed by atoms with Crippen molar-refractivity contribution >= 4 is 23.8 Å². The number of nitrogens with one attached hydrogen (secondary N) is 2. The lowest BCUT2D eigenvalue weighted by atomic mass is 9.85. The minimum Gasteiger partial charge on any atom is -0.444 e. The third-order valence-electron chi connectivity index (χ3n) is 8.35. The molecular weight excluding hydrogens is 611 g/mol. The average Bonchev–Trinajstić information content (AvgIpc) is 3.67. The topological polar surface area (TPSA) is 97.0 Å². The number of anilines is 1. The van der Waals surface area contributed by atoms with Crippen molar-refractivity contribution < 1.29 is 37.0 Å². The maximum absolute atomic E-state index is 13.5. The van der Waals surface area contributed by atoms with Gasteiger partial charge in [-0.15, -0.1) is 11.8 Å². The third kappa shape index (κ3) is 8.99. The van der Waals surface area contributed by atoms with Crippen molar-refractivity contribution in [2.75, 3.05) is 11.9 Å². The molecule has 2 fully saturated rings. The molecule has 1 heterocycles. The zero-order valence-corrected chi connectivity index (χ0v) is 28.1. The van der Waals surface area contributed by atoms with Gasteiger partial charge >= 0.3 is 24.3 Å². The number of halogens is 3. The van der Waals surface area contributed by atoms with Crippen molar-refractivity contribution in [3.8, 4) is 11.8 Å². The summed E-state index contributed by atoms with van der Waals surface area (Å²) in [5.74, 6) is 3.69. The molecular formula is C36H44F3N3O5. The number of hydrogen-bond donors (Lipinski definition) is 2. The van der Waals surface area contributed by atoms with Crippen molar-refractivity contribution in [1.82, 2.24) is 10.2 Å². The molecule has 8 nitrogen and oxygen atoms in total. The van der Waals surface area contributed by atoms with E-state index in [9.17, 15) is 27.6 Å². The molecule has 1 aliphatic heterocycles. The van der Waals surface area contributed by atoms with E-state index in [1.165, 1.54) is 12.1 Å². The number of cyclic esters (lactones) is 1. The number of aryl methyl sites for hydroxylation is 1. The van der Waals surface area contributed by atoms with E-state index in [0.29, 0.717) is 24.0 Å². The molecule has 4 rings (SSSR count). The van der Waals surface area contributed by atoms with Gasteiger partial charge in [-0.25, -0.2) is 9.59 Å². The first-order chi connectivity index (χ1) is 21.8. The molecule has 2 atom stereocenters. The number of benzene rings is 2. The Balaban J connectivity index is 1.64. The minimum absolute atomic E-state index is 0.0150. The van der Waals surface area contributed by atoms with Crippen molar-refractivity contribution in [3.63, 3.8) is 0 Å². The molecule has 0 radical (unpaired) electrons. The van der Waals surface area contributed by atoms with Crippen LogP contribution in [0.5, 0.6) is 0 Å². The van der Waals surface area contributed by atoms with Crippen LogP contribution in [0.25, 0.3) is 0 Å². The fourth-order valence-corrected chi connectivity index (χ4v) is 5.78. The lowest BCUT2D eigenvalue weighted by molar-refractivity contribution is -0.167. The summed E-state index contributed by atoms with van der Waals surface area (Å²) >= 11 is 0. The van der Waals surface area contributed by atoms with Gasteiger partial charge in [0, 0.05) is 12.1 Å². The molecule has 1 saturated heterocycles. The zero-order valence-electron chi connectivity index (χ0n) is 28.1. The fourth-order valence-electron chi connectivity index (χ4n) is 5.78. The molecule has 1 unspecified atom stereocenters. The van der Waals surface area contributed by atoms with E-state index in [2.05, 4.69) is 50.1 Å². The Bertz CT molecular complexity index is 1560. The molecule has 47 heavy (non-hydrogen) atoms. The maximum Gasteiger partial charge on any atom is 0.471 e. The smallest absolute Gasteiger partial charge is 0.444 e. The van der Waals surface area contributed by atoms with E-state index in [4.69, 9.17) is 9.47 Å². The number of amides is 3. The van der Waals surface area contributed by atoms with Crippen molar-refractivity contribution in [1.29, 1.82) is 0 Å². The zero-order chi connectivity index (χ0) is 34.8. The number of carbonyl (C=O) groups excluding carboxylic acids is 3. The summed E-state index contributed by atoms with van der Waals surface area (Å²) < 4.78 is 50.3. The number of ether oxygens (including phenoxy) is 2. The second-order valence-corrected chi connectivity index (χ2v) is 14.2. The summed E-state index contributed by atoms with van der Waals surface area (Å²) in [6, 6.07) is 12.0. The molecule has 3 amide bonds. The first-order valence-electron chi connectivity index (χ1n) is 15.8. The molecule has 2 N–H and O–H groups in total. The van der Waals surface area contributed by atoms with Gasteiger partial charge in [0.25, 0.3) is 0 Å². The molecule has 1 aliphatic carbocycles. The van der Waals surface area contributed by atoms with E-state index in [0.717, 1.165) is 24.0 Å². The summed E-state index contributed by atoms with van der Waals surface area (Å²) in [4.78, 5) is 39.9. The second-order valence-electron chi connectivity index (χ2n) is 14.2. The van der Waals surface area contributed by atoms with Crippen molar-refractivity contribution in [2.24, 2.45) is 0 Å². The molecule has 0 bridgehead atoms. The van der Waals surface area contributed by atoms with E-state index >= 15 is 0 Å². The van der Waals surface area contributed by atoms with Crippen LogP contribution >= 0.6 is 0 Å². The Morgan fingerprint density at radius 2 is 1.77 bits per heavy atom. The van der Waals surface area contributed by atoms with Gasteiger partial charge in [-0.05, 0) is 93.2 Å². The highest BCUT2D eigenvalue weighted by molar-refractivity contribution is 5.95. The Hall–Kier alpha value is -4.20. The SMILES string of the molecule is CC#CCCc1cc(NC(=O)C(F)(F)F)ccc1C[C@H](NC(=O)OC(C)(C)C)C1CN(C2(c3cccc(C(C)(C)C)c3)CC2)C(=O)O1. The van der Waals surface area contributed by atoms with Crippen LogP contribution in [0.3, 0.4) is 0 Å². The van der Waals surface area contributed by atoms with E-state index in [1.54, 1.807) is 38.7 Å². The summed E-state index contributed by atoms with van der Waals surface area (Å²) in [6.45, 7) is 13.5. The maximum atomic E-state index is 13.5. The number of nitrogens with zero attached hydrogens (tertiary/aromatic N) is 1. The van der Waals surface area contributed by atoms with Gasteiger partial charge < -0.3 is 20.1 Å². The van der Waals surface area contributed by atoms with Crippen molar-refractivity contribution in [3.05, 3.63) is 64.7 Å². The largest absolute Gasteiger partial charge is 0.471 e. The summed E-state index contributed by atoms with van der Waals surface area (Å²) in [5, 5.41) is 4.80. The quantitative estimate of drug-likeness (QED) is 0.275. The lowest BCUT2D eigenvalue weighted by Crippen LogP contribution is -2.48. The second kappa shape index (κ2) is 13.5. The molecule has 0 aromatic heterocycles. The Labute approximate surface area is 274 Å². The average molecular weight is 656 g/mol. The van der Waals surface area contributed by atoms with Gasteiger partial charge in [-0.1, -0.05) is 51.1 Å². The van der Waals surface area contributed by atoms with Gasteiger partial charge in [0.1, 0.15) is 11.7 Å². The van der Waals surface area contributed by atoms with Crippen LogP contribution in [0.4, 0.5) is 28.4 Å². The van der Waals surface area contributed by atoms with E-state index < -0.39 is 47.6 Å². The number of alkyl carbamates (subject to hydrolysis) is 1. The lowest BCUT2D eigenvalue weighted by Gasteiger charge is -2.29. The minimum atomic E-state index is -5.04. The molecule has 254 valence electrons. The predicted octanol–water partition coefficient (Wildman–Crippen LogP) is 7.39. The van der Waals surface area contributed by atoms with Gasteiger partial charge in [-0.3, -0.25) is 9.69 Å². The molecule has 11 heteroatoms. The van der Waals surface area contributed by atoms with E-state index in [-0.39, 0.29) is 24.1 Å². The van der Waals surface area contributed by atoms with Crippen LogP contribution in [0.1, 0.15) is 90.0 Å². The van der Waals surface area contributed by atoms with Gasteiger partial charge in [0.2, 0.25) is 0 Å². The summed E-state index contributed by atoms with van der Waals surface area (Å²) in [5.41, 5.74) is 2.15. The van der Waals surface area contributed by atoms with Crippen LogP contribution in [0.2, 0.25) is 0 Å². The molecule has 2 aromatic rings. The van der Waals surface area contributed by atoms with Crippen molar-refractivity contribution in [2.45, 2.75) is 115 Å². The molecule has 2 aromatic carbocycles. The van der Waals surface area contributed by atoms with Gasteiger partial charge in [0.05, 0.1) is 18.1 Å². The normalized spacial score (nSPS) is 18.0. The predicted molar refractivity (Wildman–Crippen MR) is 173 cm³/mol. The van der Waals surface area contributed by atoms with Crippen LogP contribution in [-0.4, -0.2) is 53.5 Å². The Kier molecular flexibility index (Phi) is 10.2. The molecule has 0 spiro atoms. The number of alkyl halides is 3.